The summed E-state index contributed by atoms with van der Waals surface area (Å²) in [5.74, 6) is -3.16. The molecule has 0 bridgehead atoms. The monoisotopic (exact) mass is 754 g/mol. The fourth-order valence-electron chi connectivity index (χ4n) is 5.86. The molecule has 1 atom stereocenters. The first-order valence-electron chi connectivity index (χ1n) is 15.8. The van der Waals surface area contributed by atoms with Crippen LogP contribution in [0.25, 0.3) is 11.1 Å². The number of carbonyl (C=O) groups excluding carboxylic acids is 1. The Balaban J connectivity index is 1.71. The lowest BCUT2D eigenvalue weighted by Crippen LogP contribution is -2.55. The first-order chi connectivity index (χ1) is 24.4. The van der Waals surface area contributed by atoms with E-state index in [4.69, 9.17) is 13.1 Å². The van der Waals surface area contributed by atoms with Gasteiger partial charge in [0, 0.05) is 34.5 Å². The van der Waals surface area contributed by atoms with Crippen molar-refractivity contribution in [1.82, 2.24) is 0 Å². The molecule has 0 radical (unpaired) electrons. The molecule has 0 fully saturated rings. The zero-order chi connectivity index (χ0) is 36.9. The van der Waals surface area contributed by atoms with E-state index < -0.39 is 49.3 Å². The number of alkyl halides is 3. The van der Waals surface area contributed by atoms with Crippen LogP contribution in [-0.2, 0) is 33.8 Å². The molecule has 5 aromatic rings. The number of thiophene rings is 1. The van der Waals surface area contributed by atoms with Crippen molar-refractivity contribution in [2.24, 2.45) is 0 Å². The molecular weight excluding hydrogens is 718 g/mol. The Morgan fingerprint density at radius 3 is 1.73 bits per heavy atom. The van der Waals surface area contributed by atoms with Crippen LogP contribution in [0, 0.1) is 0 Å². The first-order valence-corrected chi connectivity index (χ1v) is 19.7. The highest BCUT2D eigenvalue weighted by Crippen LogP contribution is 2.71. The molecule has 1 heterocycles. The zero-order valence-corrected chi connectivity index (χ0v) is 30.6. The van der Waals surface area contributed by atoms with Gasteiger partial charge in [-0.05, 0) is 81.8 Å². The summed E-state index contributed by atoms with van der Waals surface area (Å²) in [6.07, 6.45) is -0.970. The van der Waals surface area contributed by atoms with E-state index in [1.54, 1.807) is 84.9 Å². The number of halogens is 3. The topological polar surface area (TPSA) is 78.9 Å². The second-order valence-electron chi connectivity index (χ2n) is 11.5. The highest BCUT2D eigenvalue weighted by atomic mass is 32.3. The van der Waals surface area contributed by atoms with Crippen LogP contribution in [0.4, 0.5) is 13.2 Å². The third kappa shape index (κ3) is 6.72. The molecule has 268 valence electrons. The normalized spacial score (nSPS) is 14.1. The average Bonchev–Trinajstić information content (AvgIpc) is 3.66. The van der Waals surface area contributed by atoms with Crippen molar-refractivity contribution in [1.29, 1.82) is 0 Å². The third-order valence-corrected chi connectivity index (χ3v) is 14.8. The molecule has 1 unspecified atom stereocenters. The molecule has 0 aliphatic heterocycles. The summed E-state index contributed by atoms with van der Waals surface area (Å²) in [4.78, 5) is 13.9. The van der Waals surface area contributed by atoms with Crippen LogP contribution in [0.3, 0.4) is 0 Å². The van der Waals surface area contributed by atoms with Crippen LogP contribution in [0.15, 0.2) is 154 Å². The molecule has 51 heavy (non-hydrogen) atoms. The molecule has 0 aliphatic rings. The van der Waals surface area contributed by atoms with Crippen LogP contribution < -0.4 is 0 Å². The quantitative estimate of drug-likeness (QED) is 0.0737. The first kappa shape index (κ1) is 38.2. The van der Waals surface area contributed by atoms with Gasteiger partial charge in [0.05, 0.1) is 4.88 Å². The highest BCUT2D eigenvalue weighted by molar-refractivity contribution is 8.33. The predicted molar refractivity (Wildman–Crippen MR) is 195 cm³/mol. The van der Waals surface area contributed by atoms with Gasteiger partial charge in [-0.1, -0.05) is 98.8 Å². The fraction of sp³-hybridized carbons (Fsp3) is 0.205. The fourth-order valence-corrected chi connectivity index (χ4v) is 12.3. The number of rotatable bonds is 16. The summed E-state index contributed by atoms with van der Waals surface area (Å²) in [5, 5.41) is -3.31. The molecule has 0 saturated carbocycles. The van der Waals surface area contributed by atoms with Crippen molar-refractivity contribution in [2.45, 2.75) is 51.2 Å². The maximum absolute atomic E-state index is 16.2. The summed E-state index contributed by atoms with van der Waals surface area (Å²) in [6, 6.07) is 34.1. The van der Waals surface area contributed by atoms with E-state index >= 15 is 13.2 Å². The third-order valence-electron chi connectivity index (χ3n) is 8.46. The minimum atomic E-state index is -6.20. The lowest BCUT2D eigenvalue weighted by molar-refractivity contribution is -0.181. The number of ketones is 1. The van der Waals surface area contributed by atoms with Gasteiger partial charge in [0.15, 0.2) is 5.78 Å². The Bertz CT molecular complexity index is 2010. The van der Waals surface area contributed by atoms with Gasteiger partial charge in [-0.15, -0.1) is 11.3 Å². The van der Waals surface area contributed by atoms with Gasteiger partial charge in [0.2, 0.25) is 5.79 Å². The maximum Gasteiger partial charge on any atom is 0.411 e. The second-order valence-corrected chi connectivity index (χ2v) is 16.9. The largest absolute Gasteiger partial charge is 0.411 e. The van der Waals surface area contributed by atoms with Crippen molar-refractivity contribution in [3.63, 3.8) is 0 Å². The van der Waals surface area contributed by atoms with E-state index in [9.17, 15) is 13.2 Å². The lowest BCUT2D eigenvalue weighted by atomic mass is 9.95. The predicted octanol–water partition coefficient (Wildman–Crippen LogP) is 10.3. The number of methoxy groups -OCH3 is 2. The summed E-state index contributed by atoms with van der Waals surface area (Å²) in [5.41, 5.74) is -1.66. The molecular formula is C39H37F3O6S3. The minimum Gasteiger partial charge on any atom is -0.345 e. The Labute approximate surface area is 302 Å². The average molecular weight is 755 g/mol. The summed E-state index contributed by atoms with van der Waals surface area (Å²) in [6.45, 7) is 4.49. The van der Waals surface area contributed by atoms with Crippen LogP contribution in [0.5, 0.6) is 0 Å². The van der Waals surface area contributed by atoms with Crippen molar-refractivity contribution in [2.75, 3.05) is 14.2 Å². The van der Waals surface area contributed by atoms with Gasteiger partial charge < -0.3 is 9.47 Å². The molecule has 12 heteroatoms. The number of carbonyl (C=O) groups is 1. The number of hydrogen-bond donors (Lipinski definition) is 0. The second kappa shape index (κ2) is 15.3. The van der Waals surface area contributed by atoms with Gasteiger partial charge in [-0.25, -0.2) is 8.02 Å². The molecule has 5 rings (SSSR count). The highest BCUT2D eigenvalue weighted by Gasteiger charge is 2.69. The van der Waals surface area contributed by atoms with E-state index in [-0.39, 0.29) is 21.1 Å². The Kier molecular flexibility index (Phi) is 11.4. The van der Waals surface area contributed by atoms with Crippen molar-refractivity contribution < 1.29 is 39.5 Å². The van der Waals surface area contributed by atoms with E-state index in [1.807, 2.05) is 41.8 Å². The summed E-state index contributed by atoms with van der Waals surface area (Å²) >= 11 is 1.42. The van der Waals surface area contributed by atoms with Crippen LogP contribution in [0.2, 0.25) is 0 Å². The molecule has 0 N–H and O–H groups in total. The minimum absolute atomic E-state index is 0.190. The van der Waals surface area contributed by atoms with Gasteiger partial charge in [-0.3, -0.25) is 4.79 Å². The molecule has 0 amide bonds. The number of hydrogen-bond acceptors (Lipinski definition) is 7. The van der Waals surface area contributed by atoms with Crippen molar-refractivity contribution in [3.8, 4) is 11.1 Å². The maximum atomic E-state index is 16.2. The Hall–Kier alpha value is -4.04. The standard InChI is InChI=1S/C39H37F3O6S3/c1-5-26-37(40,35(43)6-2)39(41,42)51(44,45)48-50(32-18-12-8-13-19-32,33-20-14-9-15-21-33)34-24-22-31(23-25-34)38(46-3,47-4)36-27-30(28-49-36)29-16-10-7-11-17-29/h6-25,27-28H,2,5,26H2,1,3-4H3. The molecule has 0 saturated heterocycles. The van der Waals surface area contributed by atoms with Gasteiger partial charge in [0.25, 0.3) is 5.67 Å². The number of ether oxygens (including phenoxy) is 2. The van der Waals surface area contributed by atoms with E-state index in [1.165, 1.54) is 32.5 Å². The Morgan fingerprint density at radius 2 is 1.25 bits per heavy atom. The van der Waals surface area contributed by atoms with Crippen molar-refractivity contribution in [3.05, 3.63) is 150 Å². The smallest absolute Gasteiger partial charge is 0.345 e. The van der Waals surface area contributed by atoms with Crippen molar-refractivity contribution >= 4 is 37.5 Å². The van der Waals surface area contributed by atoms with E-state index in [0.717, 1.165) is 11.1 Å². The van der Waals surface area contributed by atoms with Gasteiger partial charge in [-0.2, -0.15) is 17.2 Å². The van der Waals surface area contributed by atoms with Gasteiger partial charge in [0.1, 0.15) is 0 Å². The summed E-state index contributed by atoms with van der Waals surface area (Å²) < 4.78 is 94.2. The molecule has 0 aliphatic carbocycles. The number of benzene rings is 4. The SMILES string of the molecule is C=CC(=O)C(F)(CCC)C(F)(F)S(=O)(=O)OS(c1ccccc1)(c1ccccc1)c1ccc(C(OC)(OC)c2cc(-c3ccccc3)cs2)cc1. The lowest BCUT2D eigenvalue weighted by Gasteiger charge is -2.41. The van der Waals surface area contributed by atoms with Gasteiger partial charge >= 0.3 is 15.4 Å². The molecule has 6 nitrogen and oxygen atoms in total. The van der Waals surface area contributed by atoms with Crippen LogP contribution in [-0.4, -0.2) is 39.3 Å². The van der Waals surface area contributed by atoms with Crippen LogP contribution >= 0.6 is 21.6 Å². The molecule has 4 aromatic carbocycles. The van der Waals surface area contributed by atoms with Crippen LogP contribution in [0.1, 0.15) is 30.2 Å². The number of allylic oxidation sites excluding steroid dienone is 1. The molecule has 0 spiro atoms. The van der Waals surface area contributed by atoms with E-state index in [0.29, 0.717) is 16.5 Å². The Morgan fingerprint density at radius 1 is 0.765 bits per heavy atom. The zero-order valence-electron chi connectivity index (χ0n) is 28.1. The summed E-state index contributed by atoms with van der Waals surface area (Å²) in [7, 11) is -6.82. The molecule has 1 aromatic heterocycles. The van der Waals surface area contributed by atoms with E-state index in [2.05, 4.69) is 6.58 Å².